The molecule has 16 heavy (non-hydrogen) atoms. The number of nitrogens with zero attached hydrogens (tertiary/aromatic N) is 2. The molecule has 0 saturated carbocycles. The van der Waals surface area contributed by atoms with E-state index in [9.17, 15) is 5.11 Å². The minimum atomic E-state index is -0.630. The van der Waals surface area contributed by atoms with Crippen molar-refractivity contribution in [3.63, 3.8) is 0 Å². The molecule has 1 atom stereocenters. The van der Waals surface area contributed by atoms with E-state index in [1.807, 2.05) is 12.1 Å². The lowest BCUT2D eigenvalue weighted by Crippen LogP contribution is -2.04. The Morgan fingerprint density at radius 3 is 2.56 bits per heavy atom. The summed E-state index contributed by atoms with van der Waals surface area (Å²) in [5.41, 5.74) is 1.60. The van der Waals surface area contributed by atoms with Crippen molar-refractivity contribution < 1.29 is 5.11 Å². The zero-order valence-corrected chi connectivity index (χ0v) is 9.30. The topological polar surface area (TPSA) is 46.0 Å². The van der Waals surface area contributed by atoms with Crippen molar-refractivity contribution >= 4 is 11.6 Å². The van der Waals surface area contributed by atoms with Crippen molar-refractivity contribution in [2.45, 2.75) is 12.5 Å². The van der Waals surface area contributed by atoms with Gasteiger partial charge in [0.1, 0.15) is 6.10 Å². The van der Waals surface area contributed by atoms with Gasteiger partial charge in [-0.1, -0.05) is 23.7 Å². The molecule has 0 aliphatic rings. The van der Waals surface area contributed by atoms with Gasteiger partial charge in [-0.3, -0.25) is 9.97 Å². The third kappa shape index (κ3) is 2.78. The van der Waals surface area contributed by atoms with Crippen molar-refractivity contribution in [3.8, 4) is 0 Å². The maximum atomic E-state index is 9.91. The predicted molar refractivity (Wildman–Crippen MR) is 62.1 cm³/mol. The molecule has 0 fully saturated rings. The summed E-state index contributed by atoms with van der Waals surface area (Å²) in [4.78, 5) is 7.97. The summed E-state index contributed by atoms with van der Waals surface area (Å²) in [5.74, 6) is 0. The SMILES string of the molecule is OC(Cc1ccc(Cl)cc1)c1cnccn1. The minimum absolute atomic E-state index is 0.510. The highest BCUT2D eigenvalue weighted by Gasteiger charge is 2.09. The fraction of sp³-hybridized carbons (Fsp3) is 0.167. The number of rotatable bonds is 3. The molecular formula is C12H11ClN2O. The second-order valence-corrected chi connectivity index (χ2v) is 3.91. The molecule has 0 radical (unpaired) electrons. The van der Waals surface area contributed by atoms with Gasteiger partial charge in [0, 0.05) is 23.8 Å². The standard InChI is InChI=1S/C12H11ClN2O/c13-10-3-1-9(2-4-10)7-12(16)11-8-14-5-6-15-11/h1-6,8,12,16H,7H2. The van der Waals surface area contributed by atoms with Crippen molar-refractivity contribution in [2.24, 2.45) is 0 Å². The smallest absolute Gasteiger partial charge is 0.102 e. The molecule has 1 aromatic carbocycles. The van der Waals surface area contributed by atoms with Crippen LogP contribution in [-0.2, 0) is 6.42 Å². The monoisotopic (exact) mass is 234 g/mol. The van der Waals surface area contributed by atoms with Gasteiger partial charge >= 0.3 is 0 Å². The summed E-state index contributed by atoms with van der Waals surface area (Å²) >= 11 is 5.78. The van der Waals surface area contributed by atoms with E-state index in [1.54, 1.807) is 30.7 Å². The molecule has 3 nitrogen and oxygen atoms in total. The van der Waals surface area contributed by atoms with Gasteiger partial charge in [-0.05, 0) is 17.7 Å². The quantitative estimate of drug-likeness (QED) is 0.887. The molecule has 0 spiro atoms. The number of halogens is 1. The van der Waals surface area contributed by atoms with E-state index in [0.717, 1.165) is 5.56 Å². The Morgan fingerprint density at radius 1 is 1.19 bits per heavy atom. The fourth-order valence-electron chi connectivity index (χ4n) is 1.43. The van der Waals surface area contributed by atoms with Gasteiger partial charge < -0.3 is 5.11 Å². The summed E-state index contributed by atoms with van der Waals surface area (Å²) in [6.45, 7) is 0. The van der Waals surface area contributed by atoms with Crippen LogP contribution < -0.4 is 0 Å². The summed E-state index contributed by atoms with van der Waals surface area (Å²) in [7, 11) is 0. The van der Waals surface area contributed by atoms with Crippen LogP contribution in [0.3, 0.4) is 0 Å². The van der Waals surface area contributed by atoms with Gasteiger partial charge in [0.25, 0.3) is 0 Å². The average Bonchev–Trinajstić information content (AvgIpc) is 2.33. The molecule has 4 heteroatoms. The Hall–Kier alpha value is -1.45. The Labute approximate surface area is 98.8 Å². The lowest BCUT2D eigenvalue weighted by atomic mass is 10.1. The van der Waals surface area contributed by atoms with Gasteiger partial charge in [0.15, 0.2) is 0 Å². The maximum absolute atomic E-state index is 9.91. The number of hydrogen-bond acceptors (Lipinski definition) is 3. The molecule has 0 aliphatic carbocycles. The zero-order valence-electron chi connectivity index (χ0n) is 8.55. The van der Waals surface area contributed by atoms with Crippen molar-refractivity contribution in [2.75, 3.05) is 0 Å². The van der Waals surface area contributed by atoms with E-state index in [4.69, 9.17) is 11.6 Å². The van der Waals surface area contributed by atoms with Crippen LogP contribution in [0.4, 0.5) is 0 Å². The Morgan fingerprint density at radius 2 is 1.94 bits per heavy atom. The van der Waals surface area contributed by atoms with E-state index in [-0.39, 0.29) is 0 Å². The first-order valence-electron chi connectivity index (χ1n) is 4.94. The van der Waals surface area contributed by atoms with Crippen molar-refractivity contribution in [1.82, 2.24) is 9.97 Å². The Kier molecular flexibility index (Phi) is 3.49. The molecule has 0 amide bonds. The van der Waals surface area contributed by atoms with Crippen LogP contribution in [0.15, 0.2) is 42.9 Å². The summed E-state index contributed by atoms with van der Waals surface area (Å²) in [6, 6.07) is 7.39. The largest absolute Gasteiger partial charge is 0.386 e. The van der Waals surface area contributed by atoms with E-state index in [1.165, 1.54) is 0 Å². The van der Waals surface area contributed by atoms with E-state index in [2.05, 4.69) is 9.97 Å². The third-order valence-electron chi connectivity index (χ3n) is 2.27. The van der Waals surface area contributed by atoms with Crippen LogP contribution in [-0.4, -0.2) is 15.1 Å². The van der Waals surface area contributed by atoms with Crippen LogP contribution >= 0.6 is 11.6 Å². The molecule has 1 aromatic heterocycles. The molecule has 2 aromatic rings. The Balaban J connectivity index is 2.08. The molecule has 1 heterocycles. The second kappa shape index (κ2) is 5.05. The normalized spacial score (nSPS) is 12.4. The van der Waals surface area contributed by atoms with Crippen LogP contribution in [0.2, 0.25) is 5.02 Å². The second-order valence-electron chi connectivity index (χ2n) is 3.48. The maximum Gasteiger partial charge on any atom is 0.102 e. The van der Waals surface area contributed by atoms with Crippen molar-refractivity contribution in [1.29, 1.82) is 0 Å². The number of aliphatic hydroxyl groups is 1. The molecule has 0 saturated heterocycles. The highest BCUT2D eigenvalue weighted by atomic mass is 35.5. The van der Waals surface area contributed by atoms with E-state index in [0.29, 0.717) is 17.1 Å². The molecule has 0 bridgehead atoms. The summed E-state index contributed by atoms with van der Waals surface area (Å²) in [6.07, 6.45) is 4.60. The Bertz CT molecular complexity index is 444. The van der Waals surface area contributed by atoms with Crippen molar-refractivity contribution in [3.05, 3.63) is 59.1 Å². The number of benzene rings is 1. The van der Waals surface area contributed by atoms with Gasteiger partial charge in [-0.15, -0.1) is 0 Å². The first kappa shape index (κ1) is 11.0. The van der Waals surface area contributed by atoms with Gasteiger partial charge in [0.2, 0.25) is 0 Å². The van der Waals surface area contributed by atoms with Crippen LogP contribution in [0, 0.1) is 0 Å². The number of aliphatic hydroxyl groups excluding tert-OH is 1. The van der Waals surface area contributed by atoms with Gasteiger partial charge in [-0.25, -0.2) is 0 Å². The minimum Gasteiger partial charge on any atom is -0.386 e. The molecule has 1 unspecified atom stereocenters. The molecule has 0 aliphatic heterocycles. The summed E-state index contributed by atoms with van der Waals surface area (Å²) < 4.78 is 0. The van der Waals surface area contributed by atoms with E-state index >= 15 is 0 Å². The average molecular weight is 235 g/mol. The van der Waals surface area contributed by atoms with Crippen LogP contribution in [0.5, 0.6) is 0 Å². The highest BCUT2D eigenvalue weighted by molar-refractivity contribution is 6.30. The number of hydrogen-bond donors (Lipinski definition) is 1. The first-order valence-corrected chi connectivity index (χ1v) is 5.32. The molecule has 82 valence electrons. The lowest BCUT2D eigenvalue weighted by molar-refractivity contribution is 0.173. The lowest BCUT2D eigenvalue weighted by Gasteiger charge is -2.09. The fourth-order valence-corrected chi connectivity index (χ4v) is 1.56. The predicted octanol–water partition coefficient (Wildman–Crippen LogP) is 2.41. The zero-order chi connectivity index (χ0) is 11.4. The van der Waals surface area contributed by atoms with Gasteiger partial charge in [-0.2, -0.15) is 0 Å². The third-order valence-corrected chi connectivity index (χ3v) is 2.52. The van der Waals surface area contributed by atoms with Crippen LogP contribution in [0.25, 0.3) is 0 Å². The molecule has 2 rings (SSSR count). The first-order chi connectivity index (χ1) is 7.75. The molecule has 1 N–H and O–H groups in total. The van der Waals surface area contributed by atoms with Gasteiger partial charge in [0.05, 0.1) is 11.9 Å². The molecular weight excluding hydrogens is 224 g/mol. The summed E-state index contributed by atoms with van der Waals surface area (Å²) in [5, 5.41) is 10.6. The van der Waals surface area contributed by atoms with Crippen LogP contribution in [0.1, 0.15) is 17.4 Å². The van der Waals surface area contributed by atoms with E-state index < -0.39 is 6.10 Å². The highest BCUT2D eigenvalue weighted by Crippen LogP contribution is 2.17. The number of aromatic nitrogens is 2.